The number of hydrogen-bond acceptors (Lipinski definition) is 3. The van der Waals surface area contributed by atoms with E-state index in [-0.39, 0.29) is 36.6 Å². The molecular weight excluding hydrogens is 412 g/mol. The van der Waals surface area contributed by atoms with E-state index in [9.17, 15) is 13.2 Å². The van der Waals surface area contributed by atoms with Gasteiger partial charge in [0.1, 0.15) is 0 Å². The predicted octanol–water partition coefficient (Wildman–Crippen LogP) is 1.83. The van der Waals surface area contributed by atoms with Crippen molar-refractivity contribution in [1.29, 1.82) is 0 Å². The molecule has 0 amide bonds. The van der Waals surface area contributed by atoms with Crippen LogP contribution in [0.15, 0.2) is 4.99 Å². The summed E-state index contributed by atoms with van der Waals surface area (Å²) < 4.78 is 41.7. The Balaban J connectivity index is 0.00000441. The van der Waals surface area contributed by atoms with Crippen molar-refractivity contribution in [2.24, 2.45) is 4.99 Å². The molecule has 0 aromatic rings. The van der Waals surface area contributed by atoms with Crippen molar-refractivity contribution < 1.29 is 17.9 Å². The fourth-order valence-electron chi connectivity index (χ4n) is 2.02. The Bertz CT molecular complexity index is 323. The molecule has 1 unspecified atom stereocenters. The van der Waals surface area contributed by atoms with E-state index >= 15 is 0 Å². The van der Waals surface area contributed by atoms with Crippen molar-refractivity contribution in [3.8, 4) is 0 Å². The van der Waals surface area contributed by atoms with Crippen molar-refractivity contribution in [2.75, 3.05) is 45.9 Å². The highest BCUT2D eigenvalue weighted by Crippen LogP contribution is 2.18. The first kappa shape index (κ1) is 21.7. The summed E-state index contributed by atoms with van der Waals surface area (Å²) in [5, 5.41) is 5.67. The van der Waals surface area contributed by atoms with Gasteiger partial charge in [0.15, 0.2) is 5.96 Å². The number of alkyl halides is 3. The predicted molar refractivity (Wildman–Crippen MR) is 91.9 cm³/mol. The lowest BCUT2D eigenvalue weighted by Crippen LogP contribution is -2.44. The average Bonchev–Trinajstić information content (AvgIpc) is 2.44. The van der Waals surface area contributed by atoms with Gasteiger partial charge in [-0.25, -0.2) is 0 Å². The summed E-state index contributed by atoms with van der Waals surface area (Å²) in [4.78, 5) is 6.62. The number of halogens is 4. The molecule has 1 fully saturated rings. The van der Waals surface area contributed by atoms with Crippen molar-refractivity contribution >= 4 is 29.9 Å². The highest BCUT2D eigenvalue weighted by Gasteiger charge is 2.26. The lowest BCUT2D eigenvalue weighted by Gasteiger charge is -2.31. The summed E-state index contributed by atoms with van der Waals surface area (Å²) in [6.07, 6.45) is -5.01. The topological polar surface area (TPSA) is 48.9 Å². The maximum atomic E-state index is 12.1. The van der Waals surface area contributed by atoms with E-state index in [1.807, 2.05) is 6.92 Å². The molecule has 2 N–H and O–H groups in total. The standard InChI is InChI=1S/C13H25F3N4O.HI/c1-3-17-12(18-5-4-13(14,15)16)19-10-11(2)20-6-8-21-9-7-20;/h11H,3-10H2,1-2H3,(H2,17,18,19);1H. The van der Waals surface area contributed by atoms with Crippen molar-refractivity contribution in [1.82, 2.24) is 15.5 Å². The highest BCUT2D eigenvalue weighted by atomic mass is 127. The van der Waals surface area contributed by atoms with Gasteiger partial charge >= 0.3 is 6.18 Å². The van der Waals surface area contributed by atoms with Crippen LogP contribution in [0.25, 0.3) is 0 Å². The quantitative estimate of drug-likeness (QED) is 0.378. The minimum atomic E-state index is -4.15. The average molecular weight is 438 g/mol. The third-order valence-corrected chi connectivity index (χ3v) is 3.23. The Labute approximate surface area is 147 Å². The van der Waals surface area contributed by atoms with E-state index in [1.54, 1.807) is 0 Å². The summed E-state index contributed by atoms with van der Waals surface area (Å²) in [5.74, 6) is 0.432. The van der Waals surface area contributed by atoms with Gasteiger partial charge in [0.25, 0.3) is 0 Å². The first-order valence-corrected chi connectivity index (χ1v) is 7.33. The summed E-state index contributed by atoms with van der Waals surface area (Å²) in [6.45, 7) is 8.12. The number of ether oxygens (including phenoxy) is 1. The number of rotatable bonds is 6. The summed E-state index contributed by atoms with van der Waals surface area (Å²) >= 11 is 0. The number of morpholine rings is 1. The smallest absolute Gasteiger partial charge is 0.379 e. The molecule has 1 saturated heterocycles. The van der Waals surface area contributed by atoms with E-state index < -0.39 is 12.6 Å². The molecule has 22 heavy (non-hydrogen) atoms. The van der Waals surface area contributed by atoms with E-state index in [0.29, 0.717) is 19.0 Å². The molecule has 0 aliphatic carbocycles. The van der Waals surface area contributed by atoms with Gasteiger partial charge in [0, 0.05) is 32.2 Å². The third kappa shape index (κ3) is 9.67. The maximum absolute atomic E-state index is 12.1. The van der Waals surface area contributed by atoms with E-state index in [1.165, 1.54) is 0 Å². The molecule has 1 heterocycles. The molecule has 0 bridgehead atoms. The zero-order valence-corrected chi connectivity index (χ0v) is 15.4. The van der Waals surface area contributed by atoms with Crippen LogP contribution in [0.4, 0.5) is 13.2 Å². The molecule has 1 atom stereocenters. The number of guanidine groups is 1. The monoisotopic (exact) mass is 438 g/mol. The van der Waals surface area contributed by atoms with Gasteiger partial charge in [-0.2, -0.15) is 13.2 Å². The van der Waals surface area contributed by atoms with Gasteiger partial charge in [-0.3, -0.25) is 9.89 Å². The van der Waals surface area contributed by atoms with Crippen molar-refractivity contribution in [3.63, 3.8) is 0 Å². The molecule has 1 aliphatic rings. The van der Waals surface area contributed by atoms with Crippen LogP contribution in [0, 0.1) is 0 Å². The zero-order valence-electron chi connectivity index (χ0n) is 13.1. The number of hydrogen-bond donors (Lipinski definition) is 2. The minimum absolute atomic E-state index is 0. The Morgan fingerprint density at radius 1 is 1.27 bits per heavy atom. The van der Waals surface area contributed by atoms with Crippen LogP contribution >= 0.6 is 24.0 Å². The van der Waals surface area contributed by atoms with E-state index in [2.05, 4.69) is 27.4 Å². The lowest BCUT2D eigenvalue weighted by molar-refractivity contribution is -0.132. The largest absolute Gasteiger partial charge is 0.390 e. The minimum Gasteiger partial charge on any atom is -0.379 e. The van der Waals surface area contributed by atoms with Crippen molar-refractivity contribution in [3.05, 3.63) is 0 Å². The van der Waals surface area contributed by atoms with Gasteiger partial charge in [0.05, 0.1) is 26.2 Å². The second kappa shape index (κ2) is 11.3. The first-order chi connectivity index (χ1) is 9.92. The molecule has 1 aliphatic heterocycles. The second-order valence-electron chi connectivity index (χ2n) is 5.01. The van der Waals surface area contributed by atoms with Gasteiger partial charge in [0.2, 0.25) is 0 Å². The third-order valence-electron chi connectivity index (χ3n) is 3.23. The van der Waals surface area contributed by atoms with Crippen LogP contribution < -0.4 is 10.6 Å². The van der Waals surface area contributed by atoms with Gasteiger partial charge < -0.3 is 15.4 Å². The lowest BCUT2D eigenvalue weighted by atomic mass is 10.2. The normalized spacial score (nSPS) is 18.5. The molecule has 0 radical (unpaired) electrons. The maximum Gasteiger partial charge on any atom is 0.390 e. The van der Waals surface area contributed by atoms with Gasteiger partial charge in [-0.1, -0.05) is 0 Å². The SMILES string of the molecule is CCNC(=NCC(C)N1CCOCC1)NCCC(F)(F)F.I. The second-order valence-corrected chi connectivity index (χ2v) is 5.01. The van der Waals surface area contributed by atoms with Crippen LogP contribution in [0.1, 0.15) is 20.3 Å². The Hall–Kier alpha value is -0.290. The van der Waals surface area contributed by atoms with Crippen LogP contribution in [0.3, 0.4) is 0 Å². The first-order valence-electron chi connectivity index (χ1n) is 7.33. The molecule has 1 rings (SSSR count). The fraction of sp³-hybridized carbons (Fsp3) is 0.923. The molecule has 0 aromatic carbocycles. The molecule has 0 spiro atoms. The molecular formula is C13H26F3IN4O. The van der Waals surface area contributed by atoms with Crippen molar-refractivity contribution in [2.45, 2.75) is 32.5 Å². The number of nitrogens with zero attached hydrogens (tertiary/aromatic N) is 2. The summed E-state index contributed by atoms with van der Waals surface area (Å²) in [7, 11) is 0. The molecule has 132 valence electrons. The zero-order chi connectivity index (χ0) is 15.7. The molecule has 0 aromatic heterocycles. The fourth-order valence-corrected chi connectivity index (χ4v) is 2.02. The van der Waals surface area contributed by atoms with Crippen LogP contribution in [0.2, 0.25) is 0 Å². The number of aliphatic imine (C=N–C) groups is 1. The van der Waals surface area contributed by atoms with Gasteiger partial charge in [-0.05, 0) is 13.8 Å². The molecule has 0 saturated carbocycles. The van der Waals surface area contributed by atoms with Crippen LogP contribution in [-0.2, 0) is 4.74 Å². The summed E-state index contributed by atoms with van der Waals surface area (Å²) in [5.41, 5.74) is 0. The molecule has 5 nitrogen and oxygen atoms in total. The number of nitrogens with one attached hydrogen (secondary N) is 2. The summed E-state index contributed by atoms with van der Waals surface area (Å²) in [6, 6.07) is 0.243. The van der Waals surface area contributed by atoms with Crippen LogP contribution in [0.5, 0.6) is 0 Å². The highest BCUT2D eigenvalue weighted by molar-refractivity contribution is 14.0. The van der Waals surface area contributed by atoms with E-state index in [0.717, 1.165) is 26.3 Å². The van der Waals surface area contributed by atoms with E-state index in [4.69, 9.17) is 4.74 Å². The Morgan fingerprint density at radius 3 is 2.45 bits per heavy atom. The molecule has 9 heteroatoms. The Morgan fingerprint density at radius 2 is 1.91 bits per heavy atom. The van der Waals surface area contributed by atoms with Gasteiger partial charge in [-0.15, -0.1) is 24.0 Å². The Kier molecular flexibility index (Phi) is 11.1. The van der Waals surface area contributed by atoms with Crippen LogP contribution in [-0.4, -0.2) is 69.0 Å².